The van der Waals surface area contributed by atoms with E-state index in [-0.39, 0.29) is 0 Å². The zero-order valence-electron chi connectivity index (χ0n) is 34.9. The third-order valence-electron chi connectivity index (χ3n) is 10.5. The van der Waals surface area contributed by atoms with Crippen molar-refractivity contribution in [3.05, 3.63) is 12.1 Å². The third-order valence-corrected chi connectivity index (χ3v) is 54.0. The quantitative estimate of drug-likeness (QED) is 0.0554. The van der Waals surface area contributed by atoms with Gasteiger partial charge < -0.3 is 0 Å². The first-order valence-electron chi connectivity index (χ1n) is 21.1. The Hall–Kier alpha value is 1.30. The molecular formula is C40H76O6P2S2Sn2. The van der Waals surface area contributed by atoms with Crippen molar-refractivity contribution < 1.29 is 27.2 Å². The summed E-state index contributed by atoms with van der Waals surface area (Å²) in [5, 5.41) is 1.37. The van der Waals surface area contributed by atoms with Crippen LogP contribution in [0.1, 0.15) is 146 Å². The van der Waals surface area contributed by atoms with Crippen molar-refractivity contribution in [2.24, 2.45) is 0 Å². The Balaban J connectivity index is 3.23. The molecule has 0 atom stereocenters. The number of rotatable bonds is 31. The van der Waals surface area contributed by atoms with E-state index in [4.69, 9.17) is 18.1 Å². The molecule has 0 bridgehead atoms. The molecule has 0 saturated carbocycles. The van der Waals surface area contributed by atoms with Crippen molar-refractivity contribution in [1.29, 1.82) is 0 Å². The molecule has 0 fully saturated rings. The normalized spacial score (nSPS) is 13.0. The van der Waals surface area contributed by atoms with E-state index in [0.29, 0.717) is 37.0 Å². The van der Waals surface area contributed by atoms with Crippen LogP contribution in [-0.4, -0.2) is 63.2 Å². The van der Waals surface area contributed by atoms with E-state index >= 15 is 9.13 Å². The Morgan fingerprint density at radius 2 is 0.673 bits per heavy atom. The van der Waals surface area contributed by atoms with Gasteiger partial charge in [-0.2, -0.15) is 0 Å². The van der Waals surface area contributed by atoms with Crippen molar-refractivity contribution in [2.75, 3.05) is 26.4 Å². The molecule has 2 rings (SSSR count). The topological polar surface area (TPSA) is 71.1 Å². The first kappa shape index (κ1) is 49.4. The molecule has 0 saturated heterocycles. The van der Waals surface area contributed by atoms with Crippen LogP contribution >= 0.6 is 37.9 Å². The summed E-state index contributed by atoms with van der Waals surface area (Å²) in [6.07, 6.45) is 14.5. The second kappa shape index (κ2) is 25.6. The number of hydrogen-bond acceptors (Lipinski definition) is 8. The van der Waals surface area contributed by atoms with Crippen LogP contribution < -0.4 is 16.4 Å². The van der Waals surface area contributed by atoms with Gasteiger partial charge in [-0.3, -0.25) is 0 Å². The van der Waals surface area contributed by atoms with E-state index in [1.807, 2.05) is 50.4 Å². The average molecular weight is 1020 g/mol. The van der Waals surface area contributed by atoms with E-state index in [1.54, 1.807) is 0 Å². The minimum atomic E-state index is -3.69. The molecule has 0 spiro atoms. The molecule has 52 heavy (non-hydrogen) atoms. The minimum absolute atomic E-state index is 0.293. The van der Waals surface area contributed by atoms with Gasteiger partial charge in [0.05, 0.1) is 0 Å². The average Bonchev–Trinajstić information content (AvgIpc) is 3.79. The summed E-state index contributed by atoms with van der Waals surface area (Å²) in [6, 6.07) is 4.58. The van der Waals surface area contributed by atoms with Crippen LogP contribution in [0.25, 0.3) is 9.75 Å². The molecule has 0 amide bonds. The molecule has 0 aliphatic carbocycles. The van der Waals surface area contributed by atoms with Gasteiger partial charge in [-0.25, -0.2) is 0 Å². The van der Waals surface area contributed by atoms with Crippen LogP contribution in [0.4, 0.5) is 0 Å². The van der Waals surface area contributed by atoms with E-state index in [2.05, 4.69) is 53.7 Å². The van der Waals surface area contributed by atoms with E-state index < -0.39 is 51.9 Å². The van der Waals surface area contributed by atoms with Gasteiger partial charge in [0.15, 0.2) is 0 Å². The number of unbranched alkanes of at least 4 members (excludes halogenated alkanes) is 6. The van der Waals surface area contributed by atoms with Gasteiger partial charge in [0.1, 0.15) is 0 Å². The summed E-state index contributed by atoms with van der Waals surface area (Å²) >= 11 is -2.33. The Kier molecular flexibility index (Phi) is 24.4. The molecule has 6 nitrogen and oxygen atoms in total. The second-order valence-corrected chi connectivity index (χ2v) is 48.9. The summed E-state index contributed by atoms with van der Waals surface area (Å²) < 4.78 is 65.8. The predicted molar refractivity (Wildman–Crippen MR) is 238 cm³/mol. The van der Waals surface area contributed by atoms with Crippen molar-refractivity contribution in [1.82, 2.24) is 0 Å². The molecule has 0 aromatic carbocycles. The Labute approximate surface area is 336 Å². The first-order valence-corrected chi connectivity index (χ1v) is 40.8. The number of thiophene rings is 2. The zero-order valence-corrected chi connectivity index (χ0v) is 44.0. The van der Waals surface area contributed by atoms with Crippen LogP contribution in [0.3, 0.4) is 0 Å². The molecule has 2 aromatic rings. The molecule has 12 heteroatoms. The summed E-state index contributed by atoms with van der Waals surface area (Å²) in [6.45, 7) is 22.6. The van der Waals surface area contributed by atoms with Crippen LogP contribution in [0, 0.1) is 0 Å². The van der Waals surface area contributed by atoms with Crippen LogP contribution in [0.5, 0.6) is 0 Å². The van der Waals surface area contributed by atoms with Crippen LogP contribution in [-0.2, 0) is 27.2 Å². The van der Waals surface area contributed by atoms with Gasteiger partial charge in [-0.1, -0.05) is 0 Å². The second-order valence-electron chi connectivity index (χ2n) is 14.5. The molecular weight excluding hydrogens is 940 g/mol. The molecule has 0 aliphatic heterocycles. The van der Waals surface area contributed by atoms with Gasteiger partial charge in [-0.15, -0.1) is 0 Å². The summed E-state index contributed by atoms with van der Waals surface area (Å²) in [5.41, 5.74) is 0. The van der Waals surface area contributed by atoms with Gasteiger partial charge in [0.25, 0.3) is 0 Å². The molecule has 2 aromatic heterocycles. The van der Waals surface area contributed by atoms with Gasteiger partial charge in [0.2, 0.25) is 0 Å². The SMILES string of the molecule is CCC[CH2][Sn]([CH2]CCC)([CH2]CCC)[c]1cc(P(=O)(OCC)OCC)c(-c2s[c]([Sn]([CH2]CCC)([CH2]CCC)[CH2]CCC)cc2P(=O)(OCC)OCC)s1. The Morgan fingerprint density at radius 3 is 0.865 bits per heavy atom. The fourth-order valence-corrected chi connectivity index (χ4v) is 53.4. The van der Waals surface area contributed by atoms with Crippen LogP contribution in [0.2, 0.25) is 26.6 Å². The van der Waals surface area contributed by atoms with E-state index in [1.165, 1.54) is 109 Å². The van der Waals surface area contributed by atoms with Crippen molar-refractivity contribution in [2.45, 2.75) is 173 Å². The molecule has 302 valence electrons. The van der Waals surface area contributed by atoms with Crippen LogP contribution in [0.15, 0.2) is 12.1 Å². The fourth-order valence-electron chi connectivity index (χ4n) is 7.63. The molecule has 0 N–H and O–H groups in total. The first-order chi connectivity index (χ1) is 25.0. The standard InChI is InChI=1S/C16H22O6P2S2.6C4H9.2Sn/c1-5-19-23(17,20-6-2)13-9-11-25-15(13)16-14(10-12-26-16)24(18,21-7-3)22-8-4;6*1-3-4-2;;/h9-10H,5-8H2,1-4H3;6*1,3-4H2,2H3;;. The summed E-state index contributed by atoms with van der Waals surface area (Å²) in [7, 11) is -7.38. The molecule has 0 radical (unpaired) electrons. The van der Waals surface area contributed by atoms with E-state index in [0.717, 1.165) is 9.75 Å². The Bertz CT molecular complexity index is 1210. The third kappa shape index (κ3) is 13.2. The van der Waals surface area contributed by atoms with Crippen molar-refractivity contribution in [3.63, 3.8) is 0 Å². The summed E-state index contributed by atoms with van der Waals surface area (Å²) in [5.74, 6) is 0. The Morgan fingerprint density at radius 1 is 0.442 bits per heavy atom. The van der Waals surface area contributed by atoms with Crippen molar-refractivity contribution >= 4 is 91.0 Å². The fraction of sp³-hybridized carbons (Fsp3) is 0.800. The zero-order chi connectivity index (χ0) is 38.7. The molecule has 2 heterocycles. The summed E-state index contributed by atoms with van der Waals surface area (Å²) in [4.78, 5) is 1.89. The van der Waals surface area contributed by atoms with Gasteiger partial charge in [0, 0.05) is 0 Å². The number of hydrogen-bond donors (Lipinski definition) is 0. The maximum absolute atomic E-state index is 15.1. The predicted octanol–water partition coefficient (Wildman–Crippen LogP) is 13.4. The van der Waals surface area contributed by atoms with Crippen molar-refractivity contribution in [3.8, 4) is 9.75 Å². The monoisotopic (exact) mass is 1020 g/mol. The van der Waals surface area contributed by atoms with Gasteiger partial charge >= 0.3 is 339 Å². The molecule has 0 unspecified atom stereocenters. The van der Waals surface area contributed by atoms with Gasteiger partial charge in [-0.05, 0) is 0 Å². The van der Waals surface area contributed by atoms with E-state index in [9.17, 15) is 0 Å². The molecule has 0 aliphatic rings. The maximum atomic E-state index is 15.1.